The quantitative estimate of drug-likeness (QED) is 0.319. The van der Waals surface area contributed by atoms with Gasteiger partial charge in [-0.15, -0.1) is 0 Å². The lowest BCUT2D eigenvalue weighted by molar-refractivity contribution is 0.0953. The maximum atomic E-state index is 12.1. The Morgan fingerprint density at radius 2 is 1.94 bits per heavy atom. The summed E-state index contributed by atoms with van der Waals surface area (Å²) < 4.78 is 5.51. The smallest absolute Gasteiger partial charge is 0.251 e. The van der Waals surface area contributed by atoms with Gasteiger partial charge < -0.3 is 25.6 Å². The van der Waals surface area contributed by atoms with Gasteiger partial charge in [0.05, 0.1) is 12.8 Å². The number of carbonyl (C=O) groups excluding carboxylic acids is 1. The number of unbranched alkanes of at least 4 members (excludes halogenated alkanes) is 1. The van der Waals surface area contributed by atoms with Crippen LogP contribution in [0.2, 0.25) is 0 Å². The first-order chi connectivity index (χ1) is 15.6. The molecular weight excluding hydrogens is 402 g/mol. The molecule has 0 aliphatic carbocycles. The third-order valence-electron chi connectivity index (χ3n) is 5.67. The fourth-order valence-corrected chi connectivity index (χ4v) is 3.82. The van der Waals surface area contributed by atoms with Crippen molar-refractivity contribution >= 4 is 17.6 Å². The van der Waals surface area contributed by atoms with E-state index in [4.69, 9.17) is 4.74 Å². The first-order valence-corrected chi connectivity index (χ1v) is 11.4. The summed E-state index contributed by atoms with van der Waals surface area (Å²) in [6, 6.07) is 16.1. The van der Waals surface area contributed by atoms with E-state index in [0.717, 1.165) is 61.9 Å². The summed E-state index contributed by atoms with van der Waals surface area (Å²) in [7, 11) is 3.49. The van der Waals surface area contributed by atoms with Crippen LogP contribution in [0.1, 0.15) is 42.1 Å². The second-order valence-corrected chi connectivity index (χ2v) is 7.98. The van der Waals surface area contributed by atoms with Crippen LogP contribution in [-0.2, 0) is 6.54 Å². The number of benzene rings is 2. The molecule has 32 heavy (non-hydrogen) atoms. The Balaban J connectivity index is 1.47. The zero-order valence-electron chi connectivity index (χ0n) is 19.4. The van der Waals surface area contributed by atoms with E-state index in [1.165, 1.54) is 0 Å². The van der Waals surface area contributed by atoms with Crippen molar-refractivity contribution in [3.8, 4) is 5.75 Å². The lowest BCUT2D eigenvalue weighted by Gasteiger charge is -2.22. The van der Waals surface area contributed by atoms with Gasteiger partial charge in [0.2, 0.25) is 0 Å². The van der Waals surface area contributed by atoms with Gasteiger partial charge in [0, 0.05) is 44.8 Å². The highest BCUT2D eigenvalue weighted by Crippen LogP contribution is 2.30. The highest BCUT2D eigenvalue weighted by Gasteiger charge is 2.25. The minimum absolute atomic E-state index is 0.0173. The molecule has 0 radical (unpaired) electrons. The summed E-state index contributed by atoms with van der Waals surface area (Å²) in [5.74, 6) is 1.66. The molecule has 1 atom stereocenters. The zero-order valence-corrected chi connectivity index (χ0v) is 19.4. The standard InChI is InChI=1S/C25H35N5O2/c1-4-5-15-27-24(31)20-12-10-19(11-13-20)17-28-25(26-2)29-21-14-16-30(18-21)22-8-6-7-9-23(22)32-3/h6-13,21H,4-5,14-18H2,1-3H3,(H,27,31)(H2,26,28,29). The Morgan fingerprint density at radius 3 is 2.66 bits per heavy atom. The first kappa shape index (κ1) is 23.4. The van der Waals surface area contributed by atoms with Crippen molar-refractivity contribution < 1.29 is 9.53 Å². The molecule has 2 aromatic rings. The Hall–Kier alpha value is -3.22. The van der Waals surface area contributed by atoms with Crippen molar-refractivity contribution in [2.24, 2.45) is 4.99 Å². The van der Waals surface area contributed by atoms with E-state index >= 15 is 0 Å². The van der Waals surface area contributed by atoms with Crippen molar-refractivity contribution in [2.45, 2.75) is 38.8 Å². The number of hydrogen-bond donors (Lipinski definition) is 3. The number of nitrogens with one attached hydrogen (secondary N) is 3. The lowest BCUT2D eigenvalue weighted by atomic mass is 10.1. The number of anilines is 1. The van der Waals surface area contributed by atoms with Gasteiger partial charge in [-0.2, -0.15) is 0 Å². The van der Waals surface area contributed by atoms with Crippen LogP contribution in [0.25, 0.3) is 0 Å². The number of guanidine groups is 1. The molecule has 1 amide bonds. The van der Waals surface area contributed by atoms with Crippen LogP contribution in [0.4, 0.5) is 5.69 Å². The third kappa shape index (κ3) is 6.39. The highest BCUT2D eigenvalue weighted by molar-refractivity contribution is 5.94. The summed E-state index contributed by atoms with van der Waals surface area (Å²) in [6.07, 6.45) is 3.09. The summed E-state index contributed by atoms with van der Waals surface area (Å²) in [6.45, 7) is 5.33. The lowest BCUT2D eigenvalue weighted by Crippen LogP contribution is -2.44. The number of para-hydroxylation sites is 2. The number of carbonyl (C=O) groups is 1. The molecule has 0 bridgehead atoms. The van der Waals surface area contributed by atoms with E-state index < -0.39 is 0 Å². The molecule has 1 heterocycles. The van der Waals surface area contributed by atoms with Crippen LogP contribution in [0.3, 0.4) is 0 Å². The van der Waals surface area contributed by atoms with Gasteiger partial charge >= 0.3 is 0 Å². The molecule has 7 nitrogen and oxygen atoms in total. The van der Waals surface area contributed by atoms with Gasteiger partial charge in [0.1, 0.15) is 5.75 Å². The molecule has 2 aromatic carbocycles. The van der Waals surface area contributed by atoms with Crippen LogP contribution in [0, 0.1) is 0 Å². The summed E-state index contributed by atoms with van der Waals surface area (Å²) in [5, 5.41) is 9.85. The molecule has 1 aliphatic heterocycles. The number of amides is 1. The maximum absolute atomic E-state index is 12.1. The Morgan fingerprint density at radius 1 is 1.16 bits per heavy atom. The zero-order chi connectivity index (χ0) is 22.8. The summed E-state index contributed by atoms with van der Waals surface area (Å²) >= 11 is 0. The minimum Gasteiger partial charge on any atom is -0.495 e. The molecule has 3 rings (SSSR count). The molecule has 1 unspecified atom stereocenters. The average Bonchev–Trinajstić information content (AvgIpc) is 3.30. The topological polar surface area (TPSA) is 78.0 Å². The predicted octanol–water partition coefficient (Wildman–Crippen LogP) is 3.17. The molecule has 0 spiro atoms. The van der Waals surface area contributed by atoms with E-state index in [1.807, 2.05) is 42.5 Å². The number of hydrogen-bond acceptors (Lipinski definition) is 4. The van der Waals surface area contributed by atoms with Crippen molar-refractivity contribution in [1.29, 1.82) is 0 Å². The fourth-order valence-electron chi connectivity index (χ4n) is 3.82. The van der Waals surface area contributed by atoms with Gasteiger partial charge in [-0.1, -0.05) is 37.6 Å². The molecule has 7 heteroatoms. The predicted molar refractivity (Wildman–Crippen MR) is 131 cm³/mol. The number of aliphatic imine (C=N–C) groups is 1. The monoisotopic (exact) mass is 437 g/mol. The molecular formula is C25H35N5O2. The Kier molecular flexibility index (Phi) is 8.78. The number of methoxy groups -OCH3 is 1. The maximum Gasteiger partial charge on any atom is 0.251 e. The van der Waals surface area contributed by atoms with Crippen molar-refractivity contribution in [3.05, 3.63) is 59.7 Å². The van der Waals surface area contributed by atoms with Gasteiger partial charge in [-0.3, -0.25) is 9.79 Å². The first-order valence-electron chi connectivity index (χ1n) is 11.4. The number of ether oxygens (including phenoxy) is 1. The van der Waals surface area contributed by atoms with Crippen LogP contribution in [0.15, 0.2) is 53.5 Å². The van der Waals surface area contributed by atoms with Gasteiger partial charge in [-0.25, -0.2) is 0 Å². The molecule has 1 fully saturated rings. The van der Waals surface area contributed by atoms with Crippen LogP contribution in [0.5, 0.6) is 5.75 Å². The second-order valence-electron chi connectivity index (χ2n) is 7.98. The highest BCUT2D eigenvalue weighted by atomic mass is 16.5. The normalized spacial score (nSPS) is 16.0. The van der Waals surface area contributed by atoms with E-state index in [1.54, 1.807) is 14.2 Å². The molecule has 1 saturated heterocycles. The van der Waals surface area contributed by atoms with Crippen LogP contribution >= 0.6 is 0 Å². The minimum atomic E-state index is -0.0173. The Bertz CT molecular complexity index is 897. The van der Waals surface area contributed by atoms with Crippen molar-refractivity contribution in [3.63, 3.8) is 0 Å². The molecule has 1 aliphatic rings. The largest absolute Gasteiger partial charge is 0.495 e. The van der Waals surface area contributed by atoms with Gasteiger partial charge in [-0.05, 0) is 42.7 Å². The number of nitrogens with zero attached hydrogens (tertiary/aromatic N) is 2. The van der Waals surface area contributed by atoms with Crippen LogP contribution in [-0.4, -0.2) is 51.7 Å². The van der Waals surface area contributed by atoms with E-state index in [-0.39, 0.29) is 5.91 Å². The van der Waals surface area contributed by atoms with E-state index in [0.29, 0.717) is 18.2 Å². The SMILES string of the molecule is CCCCNC(=O)c1ccc(CNC(=NC)NC2CCN(c3ccccc3OC)C2)cc1. The molecule has 0 saturated carbocycles. The summed E-state index contributed by atoms with van der Waals surface area (Å²) in [4.78, 5) is 18.9. The van der Waals surface area contributed by atoms with Gasteiger partial charge in [0.25, 0.3) is 5.91 Å². The second kappa shape index (κ2) is 12.0. The average molecular weight is 438 g/mol. The summed E-state index contributed by atoms with van der Waals surface area (Å²) in [5.41, 5.74) is 2.91. The van der Waals surface area contributed by atoms with E-state index in [9.17, 15) is 4.79 Å². The molecule has 3 N–H and O–H groups in total. The van der Waals surface area contributed by atoms with E-state index in [2.05, 4.69) is 38.8 Å². The number of rotatable bonds is 9. The fraction of sp³-hybridized carbons (Fsp3) is 0.440. The van der Waals surface area contributed by atoms with Gasteiger partial charge in [0.15, 0.2) is 5.96 Å². The molecule has 0 aromatic heterocycles. The van der Waals surface area contributed by atoms with Crippen LogP contribution < -0.4 is 25.6 Å². The molecule has 172 valence electrons. The van der Waals surface area contributed by atoms with Crippen molar-refractivity contribution in [2.75, 3.05) is 38.7 Å². The van der Waals surface area contributed by atoms with Crippen molar-refractivity contribution in [1.82, 2.24) is 16.0 Å². The third-order valence-corrected chi connectivity index (χ3v) is 5.67. The Labute approximate surface area is 191 Å².